The van der Waals surface area contributed by atoms with Gasteiger partial charge in [-0.1, -0.05) is 30.3 Å². The van der Waals surface area contributed by atoms with Crippen LogP contribution in [0, 0.1) is 0 Å². The number of aromatic nitrogens is 4. The standard InChI is InChI=1S/C17H19N5O/c1-2-5-12(6-3-1)9-23-14-8-4-7-13(14)22-17-15-16(19-10-18-15)20-11-21-17/h1-3,5-6,10-11,13-14H,4,7-9H2,(H2,18,19,20,21,22). The summed E-state index contributed by atoms with van der Waals surface area (Å²) in [5.41, 5.74) is 2.74. The third-order valence-corrected chi connectivity index (χ3v) is 4.30. The van der Waals surface area contributed by atoms with Crippen LogP contribution >= 0.6 is 0 Å². The average Bonchev–Trinajstić information content (AvgIpc) is 3.23. The zero-order valence-electron chi connectivity index (χ0n) is 12.8. The van der Waals surface area contributed by atoms with E-state index in [-0.39, 0.29) is 12.1 Å². The highest BCUT2D eigenvalue weighted by Gasteiger charge is 2.28. The Kier molecular flexibility index (Phi) is 3.90. The molecule has 3 aromatic rings. The highest BCUT2D eigenvalue weighted by Crippen LogP contribution is 2.27. The van der Waals surface area contributed by atoms with E-state index in [1.165, 1.54) is 5.56 Å². The molecule has 6 heteroatoms. The number of benzene rings is 1. The van der Waals surface area contributed by atoms with E-state index in [0.717, 1.165) is 30.6 Å². The first-order valence-electron chi connectivity index (χ1n) is 7.96. The van der Waals surface area contributed by atoms with Crippen molar-refractivity contribution in [1.82, 2.24) is 19.9 Å². The summed E-state index contributed by atoms with van der Waals surface area (Å²) in [5, 5.41) is 3.51. The quantitative estimate of drug-likeness (QED) is 0.758. The first-order chi connectivity index (χ1) is 11.4. The molecule has 118 valence electrons. The van der Waals surface area contributed by atoms with Crippen LogP contribution in [0.25, 0.3) is 11.2 Å². The van der Waals surface area contributed by atoms with Gasteiger partial charge in [0.25, 0.3) is 0 Å². The molecule has 2 heterocycles. The molecular weight excluding hydrogens is 290 g/mol. The summed E-state index contributed by atoms with van der Waals surface area (Å²) in [6.07, 6.45) is 6.70. The molecule has 0 amide bonds. The van der Waals surface area contributed by atoms with Gasteiger partial charge in [-0.25, -0.2) is 15.0 Å². The molecule has 0 radical (unpaired) electrons. The summed E-state index contributed by atoms with van der Waals surface area (Å²) in [5.74, 6) is 0.799. The minimum Gasteiger partial charge on any atom is -0.371 e. The van der Waals surface area contributed by atoms with Crippen molar-refractivity contribution >= 4 is 17.0 Å². The maximum Gasteiger partial charge on any atom is 0.182 e. The number of fused-ring (bicyclic) bond motifs is 1. The average molecular weight is 309 g/mol. The Balaban J connectivity index is 1.44. The van der Waals surface area contributed by atoms with Crippen molar-refractivity contribution in [3.8, 4) is 0 Å². The summed E-state index contributed by atoms with van der Waals surface area (Å²) >= 11 is 0. The number of H-pyrrole nitrogens is 1. The minimum atomic E-state index is 0.197. The lowest BCUT2D eigenvalue weighted by Gasteiger charge is -2.22. The van der Waals surface area contributed by atoms with Crippen LogP contribution in [-0.4, -0.2) is 32.1 Å². The van der Waals surface area contributed by atoms with Crippen molar-refractivity contribution < 1.29 is 4.74 Å². The summed E-state index contributed by atoms with van der Waals surface area (Å²) in [6, 6.07) is 10.6. The maximum atomic E-state index is 6.14. The van der Waals surface area contributed by atoms with Gasteiger partial charge in [0, 0.05) is 0 Å². The number of ether oxygens (including phenoxy) is 1. The maximum absolute atomic E-state index is 6.14. The van der Waals surface area contributed by atoms with Crippen molar-refractivity contribution in [2.45, 2.75) is 38.0 Å². The number of imidazole rings is 1. The molecule has 2 N–H and O–H groups in total. The molecule has 1 fully saturated rings. The van der Waals surface area contributed by atoms with Crippen LogP contribution in [0.5, 0.6) is 0 Å². The van der Waals surface area contributed by atoms with E-state index in [4.69, 9.17) is 4.74 Å². The predicted octanol–water partition coefficient (Wildman–Crippen LogP) is 2.90. The highest BCUT2D eigenvalue weighted by atomic mass is 16.5. The van der Waals surface area contributed by atoms with Gasteiger partial charge in [0.2, 0.25) is 0 Å². The largest absolute Gasteiger partial charge is 0.371 e. The van der Waals surface area contributed by atoms with Crippen LogP contribution < -0.4 is 5.32 Å². The second kappa shape index (κ2) is 6.34. The van der Waals surface area contributed by atoms with Crippen molar-refractivity contribution in [2.24, 2.45) is 0 Å². The van der Waals surface area contributed by atoms with Gasteiger partial charge in [0.15, 0.2) is 11.5 Å². The van der Waals surface area contributed by atoms with Crippen molar-refractivity contribution in [3.63, 3.8) is 0 Å². The van der Waals surface area contributed by atoms with E-state index in [9.17, 15) is 0 Å². The molecule has 0 bridgehead atoms. The lowest BCUT2D eigenvalue weighted by Crippen LogP contribution is -2.31. The molecular formula is C17H19N5O. The molecule has 1 aliphatic rings. The van der Waals surface area contributed by atoms with Crippen LogP contribution in [0.4, 0.5) is 5.82 Å². The molecule has 6 nitrogen and oxygen atoms in total. The Hall–Kier alpha value is -2.47. The number of anilines is 1. The summed E-state index contributed by atoms with van der Waals surface area (Å²) in [6.45, 7) is 0.646. The lowest BCUT2D eigenvalue weighted by molar-refractivity contribution is 0.0394. The van der Waals surface area contributed by atoms with Gasteiger partial charge in [-0.2, -0.15) is 0 Å². The van der Waals surface area contributed by atoms with Crippen molar-refractivity contribution in [1.29, 1.82) is 0 Å². The molecule has 0 spiro atoms. The number of aromatic amines is 1. The zero-order valence-corrected chi connectivity index (χ0v) is 12.8. The molecule has 0 saturated heterocycles. The smallest absolute Gasteiger partial charge is 0.182 e. The predicted molar refractivity (Wildman–Crippen MR) is 88.0 cm³/mol. The molecule has 4 rings (SSSR count). The van der Waals surface area contributed by atoms with Gasteiger partial charge in [-0.15, -0.1) is 0 Å². The molecule has 2 atom stereocenters. The first kappa shape index (κ1) is 14.1. The van der Waals surface area contributed by atoms with Crippen molar-refractivity contribution in [2.75, 3.05) is 5.32 Å². The van der Waals surface area contributed by atoms with E-state index < -0.39 is 0 Å². The van der Waals surface area contributed by atoms with Crippen LogP contribution in [0.2, 0.25) is 0 Å². The number of hydrogen-bond donors (Lipinski definition) is 2. The Morgan fingerprint density at radius 3 is 2.96 bits per heavy atom. The van der Waals surface area contributed by atoms with E-state index in [2.05, 4.69) is 37.4 Å². The molecule has 1 saturated carbocycles. The molecule has 1 aliphatic carbocycles. The first-order valence-corrected chi connectivity index (χ1v) is 7.96. The number of nitrogens with zero attached hydrogens (tertiary/aromatic N) is 3. The zero-order chi connectivity index (χ0) is 15.5. The van der Waals surface area contributed by atoms with Gasteiger partial charge in [0.05, 0.1) is 25.1 Å². The summed E-state index contributed by atoms with van der Waals surface area (Å²) < 4.78 is 6.14. The van der Waals surface area contributed by atoms with Gasteiger partial charge in [-0.3, -0.25) is 0 Å². The van der Waals surface area contributed by atoms with Crippen LogP contribution in [0.3, 0.4) is 0 Å². The fraction of sp³-hybridized carbons (Fsp3) is 0.353. The normalized spacial score (nSPS) is 20.9. The molecule has 1 aromatic carbocycles. The second-order valence-electron chi connectivity index (χ2n) is 5.84. The third kappa shape index (κ3) is 3.03. The van der Waals surface area contributed by atoms with Gasteiger partial charge >= 0.3 is 0 Å². The summed E-state index contributed by atoms with van der Waals surface area (Å²) in [4.78, 5) is 15.8. The second-order valence-corrected chi connectivity index (χ2v) is 5.84. The monoisotopic (exact) mass is 309 g/mol. The van der Waals surface area contributed by atoms with Gasteiger partial charge in [0.1, 0.15) is 11.8 Å². The molecule has 2 unspecified atom stereocenters. The van der Waals surface area contributed by atoms with Crippen LogP contribution in [0.15, 0.2) is 43.0 Å². The van der Waals surface area contributed by atoms with E-state index >= 15 is 0 Å². The van der Waals surface area contributed by atoms with E-state index in [0.29, 0.717) is 12.3 Å². The van der Waals surface area contributed by atoms with Gasteiger partial charge in [-0.05, 0) is 24.8 Å². The molecule has 23 heavy (non-hydrogen) atoms. The summed E-state index contributed by atoms with van der Waals surface area (Å²) in [7, 11) is 0. The SMILES string of the molecule is c1ccc(COC2CCCC2Nc2ncnc3nc[nH]c23)cc1. The fourth-order valence-corrected chi connectivity index (χ4v) is 3.12. The third-order valence-electron chi connectivity index (χ3n) is 4.30. The molecule has 0 aliphatic heterocycles. The number of rotatable bonds is 5. The van der Waals surface area contributed by atoms with Crippen LogP contribution in [0.1, 0.15) is 24.8 Å². The van der Waals surface area contributed by atoms with E-state index in [1.54, 1.807) is 12.7 Å². The number of nitrogens with one attached hydrogen (secondary N) is 2. The van der Waals surface area contributed by atoms with E-state index in [1.807, 2.05) is 18.2 Å². The minimum absolute atomic E-state index is 0.197. The Labute approximate surface area is 134 Å². The lowest BCUT2D eigenvalue weighted by atomic mass is 10.2. The number of hydrogen-bond acceptors (Lipinski definition) is 5. The Morgan fingerprint density at radius 2 is 2.04 bits per heavy atom. The van der Waals surface area contributed by atoms with Crippen molar-refractivity contribution in [3.05, 3.63) is 48.5 Å². The molecule has 2 aromatic heterocycles. The van der Waals surface area contributed by atoms with Crippen LogP contribution in [-0.2, 0) is 11.3 Å². The Morgan fingerprint density at radius 1 is 1.13 bits per heavy atom. The highest BCUT2D eigenvalue weighted by molar-refractivity contribution is 5.82. The van der Waals surface area contributed by atoms with Gasteiger partial charge < -0.3 is 15.0 Å². The fourth-order valence-electron chi connectivity index (χ4n) is 3.12. The Bertz CT molecular complexity index is 773. The topological polar surface area (TPSA) is 75.7 Å².